The monoisotopic (exact) mass is 364 g/mol. The first kappa shape index (κ1) is 14.3. The standard InChI is InChI=1S/C16H11BrClFN2/c17-9-16-15(11-1-3-12(18)4-2-11)10-21(20-16)14-7-5-13(19)6-8-14/h1-8,10H,9H2. The molecular weight excluding hydrogens is 355 g/mol. The van der Waals surface area contributed by atoms with Gasteiger partial charge in [-0.25, -0.2) is 9.07 Å². The normalized spacial score (nSPS) is 10.8. The molecule has 0 spiro atoms. The van der Waals surface area contributed by atoms with Crippen LogP contribution >= 0.6 is 27.5 Å². The topological polar surface area (TPSA) is 17.8 Å². The molecule has 0 aliphatic heterocycles. The average molecular weight is 366 g/mol. The molecule has 0 unspecified atom stereocenters. The second kappa shape index (κ2) is 6.00. The van der Waals surface area contributed by atoms with Crippen LogP contribution in [0.4, 0.5) is 4.39 Å². The van der Waals surface area contributed by atoms with Crippen molar-refractivity contribution < 1.29 is 4.39 Å². The number of benzene rings is 2. The van der Waals surface area contributed by atoms with Gasteiger partial charge in [0.1, 0.15) is 5.82 Å². The van der Waals surface area contributed by atoms with Crippen LogP contribution < -0.4 is 0 Å². The van der Waals surface area contributed by atoms with Gasteiger partial charge in [0.05, 0.1) is 11.4 Å². The fraction of sp³-hybridized carbons (Fsp3) is 0.0625. The van der Waals surface area contributed by atoms with Crippen LogP contribution in [-0.2, 0) is 5.33 Å². The van der Waals surface area contributed by atoms with Gasteiger partial charge in [-0.1, -0.05) is 39.7 Å². The van der Waals surface area contributed by atoms with Crippen LogP contribution in [0.1, 0.15) is 5.69 Å². The molecule has 2 aromatic carbocycles. The van der Waals surface area contributed by atoms with Crippen LogP contribution in [0.3, 0.4) is 0 Å². The highest BCUT2D eigenvalue weighted by molar-refractivity contribution is 9.08. The van der Waals surface area contributed by atoms with Gasteiger partial charge >= 0.3 is 0 Å². The molecule has 1 heterocycles. The van der Waals surface area contributed by atoms with E-state index < -0.39 is 0 Å². The highest BCUT2D eigenvalue weighted by Gasteiger charge is 2.11. The van der Waals surface area contributed by atoms with Gasteiger partial charge in [0.2, 0.25) is 0 Å². The third-order valence-corrected chi connectivity index (χ3v) is 3.95. The van der Waals surface area contributed by atoms with Gasteiger partial charge in [-0.2, -0.15) is 5.10 Å². The molecule has 2 nitrogen and oxygen atoms in total. The lowest BCUT2D eigenvalue weighted by Crippen LogP contribution is -1.95. The van der Waals surface area contributed by atoms with Gasteiger partial charge in [0.15, 0.2) is 0 Å². The molecule has 3 rings (SSSR count). The Morgan fingerprint density at radius 2 is 1.71 bits per heavy atom. The first-order valence-corrected chi connectivity index (χ1v) is 7.84. The molecule has 0 amide bonds. The van der Waals surface area contributed by atoms with Crippen molar-refractivity contribution in [3.8, 4) is 16.8 Å². The van der Waals surface area contributed by atoms with Gasteiger partial charge in [-0.05, 0) is 42.0 Å². The minimum absolute atomic E-state index is 0.260. The van der Waals surface area contributed by atoms with Crippen molar-refractivity contribution in [1.29, 1.82) is 0 Å². The summed E-state index contributed by atoms with van der Waals surface area (Å²) in [5.41, 5.74) is 3.80. The molecule has 3 aromatic rings. The largest absolute Gasteiger partial charge is 0.240 e. The third kappa shape index (κ3) is 3.01. The molecule has 0 aliphatic carbocycles. The zero-order valence-corrected chi connectivity index (χ0v) is 13.3. The van der Waals surface area contributed by atoms with E-state index in [-0.39, 0.29) is 5.82 Å². The average Bonchev–Trinajstić information content (AvgIpc) is 2.93. The van der Waals surface area contributed by atoms with Gasteiger partial charge in [0.25, 0.3) is 0 Å². The van der Waals surface area contributed by atoms with E-state index in [9.17, 15) is 4.39 Å². The van der Waals surface area contributed by atoms with Gasteiger partial charge in [-0.3, -0.25) is 0 Å². The summed E-state index contributed by atoms with van der Waals surface area (Å²) in [6, 6.07) is 13.9. The highest BCUT2D eigenvalue weighted by atomic mass is 79.9. The number of nitrogens with zero attached hydrogens (tertiary/aromatic N) is 2. The van der Waals surface area contributed by atoms with E-state index in [1.54, 1.807) is 16.8 Å². The Hall–Kier alpha value is -1.65. The maximum absolute atomic E-state index is 13.0. The van der Waals surface area contributed by atoms with Crippen molar-refractivity contribution in [2.45, 2.75) is 5.33 Å². The van der Waals surface area contributed by atoms with E-state index in [0.717, 1.165) is 22.5 Å². The minimum atomic E-state index is -0.260. The molecule has 0 saturated carbocycles. The number of alkyl halides is 1. The van der Waals surface area contributed by atoms with E-state index in [1.165, 1.54) is 12.1 Å². The Morgan fingerprint density at radius 3 is 2.33 bits per heavy atom. The SMILES string of the molecule is Fc1ccc(-n2cc(-c3ccc(Cl)cc3)c(CBr)n2)cc1. The molecule has 21 heavy (non-hydrogen) atoms. The lowest BCUT2D eigenvalue weighted by molar-refractivity contribution is 0.627. The summed E-state index contributed by atoms with van der Waals surface area (Å²) in [4.78, 5) is 0. The van der Waals surface area contributed by atoms with Crippen LogP contribution in [0.2, 0.25) is 5.02 Å². The second-order valence-electron chi connectivity index (χ2n) is 4.55. The van der Waals surface area contributed by atoms with Crippen molar-refractivity contribution in [2.75, 3.05) is 0 Å². The Labute approximate surface area is 135 Å². The van der Waals surface area contributed by atoms with E-state index >= 15 is 0 Å². The Kier molecular flexibility index (Phi) is 4.08. The lowest BCUT2D eigenvalue weighted by Gasteiger charge is -2.00. The van der Waals surface area contributed by atoms with Crippen LogP contribution in [0, 0.1) is 5.82 Å². The Bertz CT molecular complexity index is 751. The first-order valence-electron chi connectivity index (χ1n) is 6.34. The number of hydrogen-bond acceptors (Lipinski definition) is 1. The van der Waals surface area contributed by atoms with Crippen molar-refractivity contribution in [3.05, 3.63) is 71.3 Å². The molecular formula is C16H11BrClFN2. The van der Waals surface area contributed by atoms with Crippen molar-refractivity contribution in [2.24, 2.45) is 0 Å². The van der Waals surface area contributed by atoms with Gasteiger partial charge in [-0.15, -0.1) is 0 Å². The summed E-state index contributed by atoms with van der Waals surface area (Å²) >= 11 is 9.38. The number of halogens is 3. The number of aromatic nitrogens is 2. The molecule has 0 bridgehead atoms. The van der Waals surface area contributed by atoms with Crippen LogP contribution in [0.25, 0.3) is 16.8 Å². The highest BCUT2D eigenvalue weighted by Crippen LogP contribution is 2.27. The fourth-order valence-electron chi connectivity index (χ4n) is 2.10. The van der Waals surface area contributed by atoms with Crippen molar-refractivity contribution in [3.63, 3.8) is 0 Å². The lowest BCUT2D eigenvalue weighted by atomic mass is 10.1. The third-order valence-electron chi connectivity index (χ3n) is 3.16. The maximum Gasteiger partial charge on any atom is 0.123 e. The summed E-state index contributed by atoms with van der Waals surface area (Å²) in [5.74, 6) is -0.260. The molecule has 0 atom stereocenters. The van der Waals surface area contributed by atoms with Crippen LogP contribution in [-0.4, -0.2) is 9.78 Å². The molecule has 0 radical (unpaired) electrons. The van der Waals surface area contributed by atoms with Crippen LogP contribution in [0.15, 0.2) is 54.7 Å². The Morgan fingerprint density at radius 1 is 1.05 bits per heavy atom. The summed E-state index contributed by atoms with van der Waals surface area (Å²) < 4.78 is 14.8. The van der Waals surface area contributed by atoms with Gasteiger partial charge < -0.3 is 0 Å². The zero-order valence-electron chi connectivity index (χ0n) is 10.9. The van der Waals surface area contributed by atoms with E-state index in [4.69, 9.17) is 11.6 Å². The summed E-state index contributed by atoms with van der Waals surface area (Å²) in [7, 11) is 0. The number of rotatable bonds is 3. The van der Waals surface area contributed by atoms with E-state index in [0.29, 0.717) is 10.4 Å². The van der Waals surface area contributed by atoms with E-state index in [2.05, 4.69) is 21.0 Å². The summed E-state index contributed by atoms with van der Waals surface area (Å²) in [6.45, 7) is 0. The fourth-order valence-corrected chi connectivity index (χ4v) is 2.65. The summed E-state index contributed by atoms with van der Waals surface area (Å²) in [6.07, 6.45) is 1.94. The molecule has 0 fully saturated rings. The smallest absolute Gasteiger partial charge is 0.123 e. The predicted octanol–water partition coefficient (Wildman–Crippen LogP) is 5.23. The van der Waals surface area contributed by atoms with Crippen molar-refractivity contribution in [1.82, 2.24) is 9.78 Å². The van der Waals surface area contributed by atoms with E-state index in [1.807, 2.05) is 30.5 Å². The molecule has 0 saturated heterocycles. The molecule has 106 valence electrons. The Balaban J connectivity index is 2.05. The first-order chi connectivity index (χ1) is 10.2. The minimum Gasteiger partial charge on any atom is -0.240 e. The second-order valence-corrected chi connectivity index (χ2v) is 5.55. The molecule has 0 N–H and O–H groups in total. The molecule has 1 aromatic heterocycles. The predicted molar refractivity (Wildman–Crippen MR) is 86.6 cm³/mol. The quantitative estimate of drug-likeness (QED) is 0.581. The van der Waals surface area contributed by atoms with Crippen molar-refractivity contribution >= 4 is 27.5 Å². The molecule has 0 aliphatic rings. The molecule has 5 heteroatoms. The van der Waals surface area contributed by atoms with Crippen LogP contribution in [0.5, 0.6) is 0 Å². The summed E-state index contributed by atoms with van der Waals surface area (Å²) in [5, 5.41) is 5.88. The zero-order chi connectivity index (χ0) is 14.8. The van der Waals surface area contributed by atoms with Gasteiger partial charge in [0, 0.05) is 22.1 Å². The maximum atomic E-state index is 13.0. The number of hydrogen-bond donors (Lipinski definition) is 0.